The molecule has 0 fully saturated rings. The highest BCUT2D eigenvalue weighted by molar-refractivity contribution is 5.51. The molecule has 0 amide bonds. The number of rotatable bonds is 7. The maximum Gasteiger partial charge on any atom is 0.244 e. The molecule has 3 heterocycles. The molecule has 1 unspecified atom stereocenters. The first-order valence-electron chi connectivity index (χ1n) is 7.75. The van der Waals surface area contributed by atoms with E-state index in [2.05, 4.69) is 25.0 Å². The molecule has 0 bridgehead atoms. The van der Waals surface area contributed by atoms with Gasteiger partial charge in [-0.1, -0.05) is 11.2 Å². The van der Waals surface area contributed by atoms with Crippen molar-refractivity contribution in [2.45, 2.75) is 19.5 Å². The molecule has 3 rings (SSSR count). The van der Waals surface area contributed by atoms with Gasteiger partial charge in [0.25, 0.3) is 0 Å². The molecule has 24 heavy (non-hydrogen) atoms. The van der Waals surface area contributed by atoms with E-state index in [1.807, 2.05) is 37.4 Å². The monoisotopic (exact) mass is 325 g/mol. The van der Waals surface area contributed by atoms with Gasteiger partial charge in [0, 0.05) is 43.4 Å². The molecule has 0 aromatic carbocycles. The number of nitrogens with zero attached hydrogens (tertiary/aromatic N) is 5. The van der Waals surface area contributed by atoms with E-state index in [-0.39, 0.29) is 12.6 Å². The van der Waals surface area contributed by atoms with Crippen molar-refractivity contribution in [1.82, 2.24) is 25.0 Å². The van der Waals surface area contributed by atoms with Gasteiger partial charge in [0.05, 0.1) is 12.6 Å². The van der Waals surface area contributed by atoms with Crippen molar-refractivity contribution in [2.75, 3.05) is 13.2 Å². The van der Waals surface area contributed by atoms with Gasteiger partial charge in [0.1, 0.15) is 0 Å². The molecule has 7 nitrogen and oxygen atoms in total. The molecule has 0 aliphatic rings. The van der Waals surface area contributed by atoms with Gasteiger partial charge in [0.2, 0.25) is 11.7 Å². The van der Waals surface area contributed by atoms with Gasteiger partial charge in [-0.2, -0.15) is 4.98 Å². The summed E-state index contributed by atoms with van der Waals surface area (Å²) in [4.78, 5) is 14.7. The molecule has 0 saturated heterocycles. The highest BCUT2D eigenvalue weighted by Crippen LogP contribution is 2.23. The number of aromatic nitrogens is 4. The predicted molar refractivity (Wildman–Crippen MR) is 87.7 cm³/mol. The molecule has 3 aromatic heterocycles. The van der Waals surface area contributed by atoms with Crippen LogP contribution < -0.4 is 0 Å². The van der Waals surface area contributed by atoms with Gasteiger partial charge < -0.3 is 9.63 Å². The third-order valence-electron chi connectivity index (χ3n) is 3.76. The molecule has 0 aliphatic heterocycles. The predicted octanol–water partition coefficient (Wildman–Crippen LogP) is 2.08. The molecule has 1 atom stereocenters. The van der Waals surface area contributed by atoms with Crippen molar-refractivity contribution in [3.8, 4) is 11.4 Å². The van der Waals surface area contributed by atoms with Crippen LogP contribution in [0.5, 0.6) is 0 Å². The van der Waals surface area contributed by atoms with Crippen LogP contribution in [0.2, 0.25) is 0 Å². The highest BCUT2D eigenvalue weighted by Gasteiger charge is 2.22. The van der Waals surface area contributed by atoms with Crippen LogP contribution >= 0.6 is 0 Å². The Kier molecular flexibility index (Phi) is 5.25. The van der Waals surface area contributed by atoms with Gasteiger partial charge >= 0.3 is 0 Å². The maximum absolute atomic E-state index is 9.36. The SMILES string of the molecule is CC(c1nc(-c2cccnc2)no1)N(CCO)Cc1cccnc1. The summed E-state index contributed by atoms with van der Waals surface area (Å²) in [6, 6.07) is 7.47. The topological polar surface area (TPSA) is 88.2 Å². The standard InChI is InChI=1S/C17H19N5O2/c1-13(22(8-9-23)12-14-4-2-6-18-10-14)17-20-16(21-24-17)15-5-3-7-19-11-15/h2-7,10-11,13,23H,8-9,12H2,1H3. The van der Waals surface area contributed by atoms with Crippen molar-refractivity contribution in [1.29, 1.82) is 0 Å². The lowest BCUT2D eigenvalue weighted by Crippen LogP contribution is -2.29. The summed E-state index contributed by atoms with van der Waals surface area (Å²) in [7, 11) is 0. The fourth-order valence-electron chi connectivity index (χ4n) is 2.44. The molecule has 0 aliphatic carbocycles. The van der Waals surface area contributed by atoms with Gasteiger partial charge in [-0.15, -0.1) is 0 Å². The van der Waals surface area contributed by atoms with E-state index in [9.17, 15) is 5.11 Å². The Morgan fingerprint density at radius 3 is 2.62 bits per heavy atom. The zero-order valence-corrected chi connectivity index (χ0v) is 13.4. The van der Waals surface area contributed by atoms with E-state index < -0.39 is 0 Å². The number of aliphatic hydroxyl groups excluding tert-OH is 1. The van der Waals surface area contributed by atoms with Crippen LogP contribution in [0, 0.1) is 0 Å². The highest BCUT2D eigenvalue weighted by atomic mass is 16.5. The van der Waals surface area contributed by atoms with Crippen molar-refractivity contribution < 1.29 is 9.63 Å². The van der Waals surface area contributed by atoms with Crippen molar-refractivity contribution in [2.24, 2.45) is 0 Å². The Bertz CT molecular complexity index is 748. The lowest BCUT2D eigenvalue weighted by Gasteiger charge is -2.25. The molecule has 124 valence electrons. The second kappa shape index (κ2) is 7.76. The van der Waals surface area contributed by atoms with Crippen LogP contribution in [-0.4, -0.2) is 43.3 Å². The van der Waals surface area contributed by atoms with Gasteiger partial charge in [-0.3, -0.25) is 14.9 Å². The van der Waals surface area contributed by atoms with E-state index in [1.165, 1.54) is 0 Å². The smallest absolute Gasteiger partial charge is 0.244 e. The fraction of sp³-hybridized carbons (Fsp3) is 0.294. The molecule has 7 heteroatoms. The molecule has 3 aromatic rings. The maximum atomic E-state index is 9.36. The van der Waals surface area contributed by atoms with E-state index in [4.69, 9.17) is 4.52 Å². The largest absolute Gasteiger partial charge is 0.395 e. The first-order valence-corrected chi connectivity index (χ1v) is 7.75. The van der Waals surface area contributed by atoms with Crippen molar-refractivity contribution >= 4 is 0 Å². The van der Waals surface area contributed by atoms with E-state index in [0.717, 1.165) is 11.1 Å². The molecule has 0 radical (unpaired) electrons. The number of aliphatic hydroxyl groups is 1. The first kappa shape index (κ1) is 16.2. The van der Waals surface area contributed by atoms with Crippen LogP contribution in [0.4, 0.5) is 0 Å². The minimum atomic E-state index is -0.129. The second-order valence-corrected chi connectivity index (χ2v) is 5.43. The zero-order chi connectivity index (χ0) is 16.8. The minimum absolute atomic E-state index is 0.0498. The Labute approximate surface area is 140 Å². The van der Waals surface area contributed by atoms with E-state index >= 15 is 0 Å². The quantitative estimate of drug-likeness (QED) is 0.711. The third-order valence-corrected chi connectivity index (χ3v) is 3.76. The molecule has 0 spiro atoms. The van der Waals surface area contributed by atoms with Gasteiger partial charge in [-0.05, 0) is 30.7 Å². The summed E-state index contributed by atoms with van der Waals surface area (Å²) in [5.74, 6) is 1.02. The number of hydrogen-bond donors (Lipinski definition) is 1. The molecular weight excluding hydrogens is 306 g/mol. The average molecular weight is 325 g/mol. The summed E-state index contributed by atoms with van der Waals surface area (Å²) in [6.07, 6.45) is 6.94. The van der Waals surface area contributed by atoms with Crippen LogP contribution in [-0.2, 0) is 6.54 Å². The Morgan fingerprint density at radius 2 is 1.96 bits per heavy atom. The van der Waals surface area contributed by atoms with Crippen LogP contribution in [0.25, 0.3) is 11.4 Å². The summed E-state index contributed by atoms with van der Waals surface area (Å²) in [5, 5.41) is 13.4. The summed E-state index contributed by atoms with van der Waals surface area (Å²) < 4.78 is 5.42. The molecular formula is C17H19N5O2. The summed E-state index contributed by atoms with van der Waals surface area (Å²) in [6.45, 7) is 3.17. The lowest BCUT2D eigenvalue weighted by molar-refractivity contribution is 0.130. The van der Waals surface area contributed by atoms with Crippen LogP contribution in [0.3, 0.4) is 0 Å². The molecule has 1 N–H and O–H groups in total. The number of pyridine rings is 2. The van der Waals surface area contributed by atoms with Gasteiger partial charge in [-0.25, -0.2) is 0 Å². The van der Waals surface area contributed by atoms with Crippen LogP contribution in [0.15, 0.2) is 53.6 Å². The van der Waals surface area contributed by atoms with E-state index in [0.29, 0.717) is 24.8 Å². The zero-order valence-electron chi connectivity index (χ0n) is 13.4. The second-order valence-electron chi connectivity index (χ2n) is 5.43. The molecule has 0 saturated carbocycles. The van der Waals surface area contributed by atoms with Crippen molar-refractivity contribution in [3.05, 3.63) is 60.5 Å². The van der Waals surface area contributed by atoms with E-state index in [1.54, 1.807) is 18.6 Å². The van der Waals surface area contributed by atoms with Crippen LogP contribution in [0.1, 0.15) is 24.4 Å². The third kappa shape index (κ3) is 3.81. The Balaban J connectivity index is 1.77. The minimum Gasteiger partial charge on any atom is -0.395 e. The summed E-state index contributed by atoms with van der Waals surface area (Å²) >= 11 is 0. The lowest BCUT2D eigenvalue weighted by atomic mass is 10.2. The van der Waals surface area contributed by atoms with Crippen molar-refractivity contribution in [3.63, 3.8) is 0 Å². The summed E-state index contributed by atoms with van der Waals surface area (Å²) in [5.41, 5.74) is 1.87. The first-order chi connectivity index (χ1) is 11.8. The number of hydrogen-bond acceptors (Lipinski definition) is 7. The Hall–Kier alpha value is -2.64. The fourth-order valence-corrected chi connectivity index (χ4v) is 2.44. The Morgan fingerprint density at radius 1 is 1.17 bits per heavy atom. The normalized spacial score (nSPS) is 12.5. The van der Waals surface area contributed by atoms with Gasteiger partial charge in [0.15, 0.2) is 0 Å². The average Bonchev–Trinajstić information content (AvgIpc) is 3.12.